The van der Waals surface area contributed by atoms with Gasteiger partial charge in [0.2, 0.25) is 10.0 Å². The van der Waals surface area contributed by atoms with Gasteiger partial charge >= 0.3 is 13.6 Å². The van der Waals surface area contributed by atoms with Crippen molar-refractivity contribution in [1.29, 1.82) is 0 Å². The van der Waals surface area contributed by atoms with Gasteiger partial charge in [0.15, 0.2) is 0 Å². The van der Waals surface area contributed by atoms with Crippen molar-refractivity contribution in [1.82, 2.24) is 4.22 Å². The topological polar surface area (TPSA) is 63.7 Å². The second-order valence-corrected chi connectivity index (χ2v) is 9.60. The maximum absolute atomic E-state index is 13.3. The second-order valence-electron chi connectivity index (χ2n) is 7.79. The minimum Gasteiger partial charge on any atom is -0.519 e. The number of carbonyl (C=O) groups is 1. The molecule has 0 unspecified atom stereocenters. The first-order valence-corrected chi connectivity index (χ1v) is 10.3. The Hall–Kier alpha value is -1.34. The Labute approximate surface area is 151 Å². The monoisotopic (exact) mass is 362 g/mol. The average Bonchev–Trinajstić information content (AvgIpc) is 2.85. The zero-order valence-electron chi connectivity index (χ0n) is 15.2. The van der Waals surface area contributed by atoms with Crippen molar-refractivity contribution >= 4 is 23.6 Å². The van der Waals surface area contributed by atoms with E-state index in [1.54, 1.807) is 24.3 Å². The van der Waals surface area contributed by atoms with Crippen molar-refractivity contribution in [3.63, 3.8) is 0 Å². The largest absolute Gasteiger partial charge is 0.519 e. The van der Waals surface area contributed by atoms with Gasteiger partial charge in [-0.1, -0.05) is 44.9 Å². The SMILES string of the molecule is Cc1ccc(S(=O)(=O)N2[B]OC(=O)[C@@]23C[C@H](C)CC[C@H]3C(C)C)cc1. The molecular weight excluding hydrogens is 337 g/mol. The molecule has 25 heavy (non-hydrogen) atoms. The fraction of sp³-hybridized carbons (Fsp3) is 0.611. The third-order valence-electron chi connectivity index (χ3n) is 5.63. The first kappa shape index (κ1) is 18.5. The van der Waals surface area contributed by atoms with Gasteiger partial charge in [-0.2, -0.15) is 4.22 Å². The van der Waals surface area contributed by atoms with Crippen molar-refractivity contribution < 1.29 is 17.9 Å². The fourth-order valence-electron chi connectivity index (χ4n) is 4.34. The Morgan fingerprint density at radius 3 is 2.48 bits per heavy atom. The highest BCUT2D eigenvalue weighted by atomic mass is 32.2. The zero-order valence-corrected chi connectivity index (χ0v) is 16.0. The molecule has 0 aromatic heterocycles. The number of sulfonamides is 1. The van der Waals surface area contributed by atoms with Gasteiger partial charge in [-0.25, -0.2) is 8.42 Å². The molecule has 1 saturated carbocycles. The van der Waals surface area contributed by atoms with Crippen molar-refractivity contribution in [2.75, 3.05) is 0 Å². The molecule has 1 aliphatic heterocycles. The van der Waals surface area contributed by atoms with Crippen molar-refractivity contribution in [2.24, 2.45) is 17.8 Å². The molecule has 0 N–H and O–H groups in total. The minimum absolute atomic E-state index is 0.0600. The summed E-state index contributed by atoms with van der Waals surface area (Å²) in [5, 5.41) is 0. The quantitative estimate of drug-likeness (QED) is 0.776. The molecule has 5 nitrogen and oxygen atoms in total. The molecule has 1 spiro atoms. The molecule has 7 heteroatoms. The molecule has 3 atom stereocenters. The Morgan fingerprint density at radius 1 is 1.24 bits per heavy atom. The zero-order chi connectivity index (χ0) is 18.4. The number of nitrogens with zero attached hydrogens (tertiary/aromatic N) is 1. The van der Waals surface area contributed by atoms with Crippen LogP contribution >= 0.6 is 0 Å². The normalized spacial score (nSPS) is 30.5. The average molecular weight is 362 g/mol. The van der Waals surface area contributed by atoms with Gasteiger partial charge in [0.05, 0.1) is 4.90 Å². The summed E-state index contributed by atoms with van der Waals surface area (Å²) < 4.78 is 33.0. The van der Waals surface area contributed by atoms with Gasteiger partial charge in [-0.15, -0.1) is 0 Å². The molecule has 0 amide bonds. The summed E-state index contributed by atoms with van der Waals surface area (Å²) in [7, 11) is -2.74. The maximum atomic E-state index is 13.3. The summed E-state index contributed by atoms with van der Waals surface area (Å²) >= 11 is 0. The van der Waals surface area contributed by atoms with E-state index in [0.29, 0.717) is 6.42 Å². The minimum atomic E-state index is -3.85. The summed E-state index contributed by atoms with van der Waals surface area (Å²) in [4.78, 5) is 13.0. The van der Waals surface area contributed by atoms with Gasteiger partial charge in [-0.05, 0) is 49.7 Å². The van der Waals surface area contributed by atoms with Gasteiger partial charge in [0, 0.05) is 0 Å². The van der Waals surface area contributed by atoms with Crippen molar-refractivity contribution in [3.8, 4) is 0 Å². The summed E-state index contributed by atoms with van der Waals surface area (Å²) in [6.07, 6.45) is 2.31. The number of carbonyl (C=O) groups excluding carboxylic acids is 1. The summed E-state index contributed by atoms with van der Waals surface area (Å²) in [5.74, 6) is -0.0457. The number of hydrogen-bond donors (Lipinski definition) is 0. The van der Waals surface area contributed by atoms with E-state index in [1.165, 1.54) is 4.22 Å². The maximum Gasteiger partial charge on any atom is 0.498 e. The van der Waals surface area contributed by atoms with E-state index >= 15 is 0 Å². The van der Waals surface area contributed by atoms with Crippen molar-refractivity contribution in [3.05, 3.63) is 29.8 Å². The van der Waals surface area contributed by atoms with Crippen LogP contribution in [0.5, 0.6) is 0 Å². The molecule has 1 aliphatic carbocycles. The molecule has 1 saturated heterocycles. The molecular formula is C18H25BNO4S. The summed E-state index contributed by atoms with van der Waals surface area (Å²) in [6, 6.07) is 6.71. The van der Waals surface area contributed by atoms with E-state index in [1.807, 2.05) is 20.8 Å². The Morgan fingerprint density at radius 2 is 1.88 bits per heavy atom. The van der Waals surface area contributed by atoms with Crippen molar-refractivity contribution in [2.45, 2.75) is 57.4 Å². The number of hydrogen-bond acceptors (Lipinski definition) is 4. The number of benzene rings is 1. The molecule has 0 bridgehead atoms. The van der Waals surface area contributed by atoms with E-state index in [-0.39, 0.29) is 22.6 Å². The number of rotatable bonds is 3. The molecule has 1 radical (unpaired) electrons. The molecule has 3 rings (SSSR count). The van der Waals surface area contributed by atoms with Crippen LogP contribution in [0.2, 0.25) is 0 Å². The molecule has 2 aliphatic rings. The van der Waals surface area contributed by atoms with Gasteiger partial charge < -0.3 is 4.65 Å². The van der Waals surface area contributed by atoms with Gasteiger partial charge in [-0.3, -0.25) is 4.79 Å². The van der Waals surface area contributed by atoms with Crippen LogP contribution in [0.1, 0.15) is 45.6 Å². The molecule has 2 fully saturated rings. The Bertz CT molecular complexity index is 762. The van der Waals surface area contributed by atoms with Crippen LogP contribution in [0, 0.1) is 24.7 Å². The first-order chi connectivity index (χ1) is 11.7. The van der Waals surface area contributed by atoms with E-state index < -0.39 is 21.5 Å². The van der Waals surface area contributed by atoms with Crippen LogP contribution in [-0.2, 0) is 19.5 Å². The third kappa shape index (κ3) is 2.91. The highest BCUT2D eigenvalue weighted by Crippen LogP contribution is 2.49. The van der Waals surface area contributed by atoms with Crippen LogP contribution in [0.3, 0.4) is 0 Å². The first-order valence-electron chi connectivity index (χ1n) is 8.85. The smallest absolute Gasteiger partial charge is 0.498 e. The lowest BCUT2D eigenvalue weighted by molar-refractivity contribution is -0.145. The predicted octanol–water partition coefficient (Wildman–Crippen LogP) is 2.91. The van der Waals surface area contributed by atoms with Gasteiger partial charge in [0.1, 0.15) is 5.54 Å². The Kier molecular flexibility index (Phi) is 4.75. The third-order valence-corrected chi connectivity index (χ3v) is 7.43. The van der Waals surface area contributed by atoms with Crippen LogP contribution < -0.4 is 0 Å². The fourth-order valence-corrected chi connectivity index (χ4v) is 5.91. The lowest BCUT2D eigenvalue weighted by Gasteiger charge is -2.47. The van der Waals surface area contributed by atoms with E-state index in [0.717, 1.165) is 26.0 Å². The standard InChI is InChI=1S/C18H25BNO4S/c1-12(2)16-10-7-14(4)11-18(16)17(21)24-19-20(18)25(22,23)15-8-5-13(3)6-9-15/h5-6,8-9,12,14,16H,7,10-11H2,1-4H3/t14-,16+,18+/m1/s1. The van der Waals surface area contributed by atoms with Crippen LogP contribution in [0.4, 0.5) is 0 Å². The highest BCUT2D eigenvalue weighted by Gasteiger charge is 2.62. The second kappa shape index (κ2) is 6.43. The van der Waals surface area contributed by atoms with Crippen LogP contribution in [0.25, 0.3) is 0 Å². The molecule has 1 aromatic rings. The number of aryl methyl sites for hydroxylation is 1. The van der Waals surface area contributed by atoms with E-state index in [9.17, 15) is 13.2 Å². The lowest BCUT2D eigenvalue weighted by Crippen LogP contribution is -2.60. The molecule has 1 heterocycles. The van der Waals surface area contributed by atoms with E-state index in [2.05, 4.69) is 6.92 Å². The predicted molar refractivity (Wildman–Crippen MR) is 96.1 cm³/mol. The molecule has 135 valence electrons. The van der Waals surface area contributed by atoms with Crippen LogP contribution in [-0.4, -0.2) is 31.8 Å². The summed E-state index contributed by atoms with van der Waals surface area (Å²) in [5.41, 5.74) is -0.145. The summed E-state index contributed by atoms with van der Waals surface area (Å²) in [6.45, 7) is 8.07. The van der Waals surface area contributed by atoms with Crippen LogP contribution in [0.15, 0.2) is 29.2 Å². The highest BCUT2D eigenvalue weighted by molar-refractivity contribution is 7.90. The van der Waals surface area contributed by atoms with Gasteiger partial charge in [0.25, 0.3) is 0 Å². The molecule has 1 aromatic carbocycles. The Balaban J connectivity index is 2.10. The lowest BCUT2D eigenvalue weighted by atomic mass is 9.64. The van der Waals surface area contributed by atoms with E-state index in [4.69, 9.17) is 4.65 Å².